The van der Waals surface area contributed by atoms with E-state index in [1.807, 2.05) is 13.8 Å². The monoisotopic (exact) mass is 564 g/mol. The molecule has 0 unspecified atom stereocenters. The predicted octanol–water partition coefficient (Wildman–Crippen LogP) is 6.64. The van der Waals surface area contributed by atoms with E-state index in [9.17, 15) is 31.1 Å². The van der Waals surface area contributed by atoms with Crippen LogP contribution in [0.1, 0.15) is 67.7 Å². The first-order chi connectivity index (χ1) is 18.7. The molecular weight excluding hydrogens is 538 g/mol. The smallest absolute Gasteiger partial charge is 0.406 e. The van der Waals surface area contributed by atoms with E-state index >= 15 is 0 Å². The van der Waals surface area contributed by atoms with Gasteiger partial charge in [0, 0.05) is 17.8 Å². The molecule has 3 aromatic rings. The van der Waals surface area contributed by atoms with E-state index in [1.165, 1.54) is 29.2 Å². The van der Waals surface area contributed by atoms with Crippen LogP contribution in [0.4, 0.5) is 32.0 Å². The number of carbonyl (C=O) groups excluding carboxylic acids is 1. The lowest BCUT2D eigenvalue weighted by molar-refractivity contribution is -0.274. The summed E-state index contributed by atoms with van der Waals surface area (Å²) in [6.45, 7) is 3.71. The Bertz CT molecular complexity index is 1390. The van der Waals surface area contributed by atoms with Crippen molar-refractivity contribution in [2.24, 2.45) is 0 Å². The minimum absolute atomic E-state index is 0.138. The fourth-order valence-electron chi connectivity index (χ4n) is 4.96. The molecule has 212 valence electrons. The Morgan fingerprint density at radius 2 is 1.68 bits per heavy atom. The average molecular weight is 565 g/mol. The molecule has 1 saturated carbocycles. The van der Waals surface area contributed by atoms with Crippen molar-refractivity contribution in [1.29, 1.82) is 0 Å². The lowest BCUT2D eigenvalue weighted by Crippen LogP contribution is -2.48. The van der Waals surface area contributed by atoms with Gasteiger partial charge in [-0.1, -0.05) is 12.1 Å². The van der Waals surface area contributed by atoms with Gasteiger partial charge in [0.05, 0.1) is 28.9 Å². The Kier molecular flexibility index (Phi) is 7.01. The van der Waals surface area contributed by atoms with Gasteiger partial charge in [0.2, 0.25) is 5.91 Å². The summed E-state index contributed by atoms with van der Waals surface area (Å²) < 4.78 is 82.2. The molecule has 2 aromatic carbocycles. The van der Waals surface area contributed by atoms with Crippen molar-refractivity contribution < 1.29 is 35.9 Å². The van der Waals surface area contributed by atoms with Crippen LogP contribution in [0.2, 0.25) is 0 Å². The topological polar surface area (TPSA) is 67.3 Å². The summed E-state index contributed by atoms with van der Waals surface area (Å²) in [5.74, 6) is 0.150. The van der Waals surface area contributed by atoms with Gasteiger partial charge in [0.25, 0.3) is 0 Å². The molecule has 2 aliphatic rings. The normalized spacial score (nSPS) is 20.2. The van der Waals surface area contributed by atoms with Crippen LogP contribution in [0, 0.1) is 0 Å². The summed E-state index contributed by atoms with van der Waals surface area (Å²) >= 11 is 0. The maximum Gasteiger partial charge on any atom is 0.573 e. The number of anilines is 1. The van der Waals surface area contributed by atoms with Gasteiger partial charge in [-0.05, 0) is 81.1 Å². The van der Waals surface area contributed by atoms with E-state index in [4.69, 9.17) is 0 Å². The molecule has 2 fully saturated rings. The molecule has 1 amide bonds. The minimum atomic E-state index is -4.91. The van der Waals surface area contributed by atoms with Crippen LogP contribution in [-0.2, 0) is 16.5 Å². The van der Waals surface area contributed by atoms with Crippen LogP contribution >= 0.6 is 0 Å². The quantitative estimate of drug-likeness (QED) is 0.326. The zero-order chi connectivity index (χ0) is 28.9. The van der Waals surface area contributed by atoms with E-state index in [0.717, 1.165) is 36.9 Å². The van der Waals surface area contributed by atoms with Crippen molar-refractivity contribution >= 4 is 11.6 Å². The molecule has 6 nitrogen and oxygen atoms in total. The summed E-state index contributed by atoms with van der Waals surface area (Å²) in [6, 6.07) is 9.52. The standard InChI is InChI=1S/C28H26F6N4O2/c1-26(2,23-12-13-35-24(36-23)16-6-7-16)37-21-15-22(17-4-3-5-20(14-17)40-28(32,33)34)38(25(21)39)19-10-8-18(9-11-19)27(29,30)31/h3-5,8-14,16,21-22,37H,6-7,15H2,1-2H3/t21-,22-/m1/s1. The minimum Gasteiger partial charge on any atom is -0.406 e. The molecule has 2 atom stereocenters. The van der Waals surface area contributed by atoms with Gasteiger partial charge in [-0.3, -0.25) is 10.1 Å². The third-order valence-corrected chi connectivity index (χ3v) is 7.05. The molecule has 1 aliphatic carbocycles. The lowest BCUT2D eigenvalue weighted by atomic mass is 9.96. The van der Waals surface area contributed by atoms with Crippen molar-refractivity contribution in [2.45, 2.75) is 69.2 Å². The molecule has 0 bridgehead atoms. The number of ether oxygens (including phenoxy) is 1. The Morgan fingerprint density at radius 3 is 2.30 bits per heavy atom. The third kappa shape index (κ3) is 6.06. The van der Waals surface area contributed by atoms with Crippen molar-refractivity contribution in [1.82, 2.24) is 15.3 Å². The number of carbonyl (C=O) groups is 1. The highest BCUT2D eigenvalue weighted by Gasteiger charge is 2.44. The third-order valence-electron chi connectivity index (χ3n) is 7.05. The number of alkyl halides is 6. The number of benzene rings is 2. The second kappa shape index (κ2) is 10.1. The lowest BCUT2D eigenvalue weighted by Gasteiger charge is -2.29. The Morgan fingerprint density at radius 1 is 0.975 bits per heavy atom. The second-order valence-electron chi connectivity index (χ2n) is 10.5. The predicted molar refractivity (Wildman–Crippen MR) is 133 cm³/mol. The highest BCUT2D eigenvalue weighted by atomic mass is 19.4. The number of aromatic nitrogens is 2. The summed E-state index contributed by atoms with van der Waals surface area (Å²) in [5, 5.41) is 3.32. The van der Waals surface area contributed by atoms with Gasteiger partial charge >= 0.3 is 12.5 Å². The Labute approximate surface area is 226 Å². The van der Waals surface area contributed by atoms with E-state index in [1.54, 1.807) is 18.3 Å². The highest BCUT2D eigenvalue weighted by molar-refractivity contribution is 6.00. The van der Waals surface area contributed by atoms with Gasteiger partial charge in [-0.15, -0.1) is 13.2 Å². The summed E-state index contributed by atoms with van der Waals surface area (Å²) in [6.07, 6.45) is -5.65. The fraction of sp³-hybridized carbons (Fsp3) is 0.393. The number of amides is 1. The first-order valence-electron chi connectivity index (χ1n) is 12.7. The van der Waals surface area contributed by atoms with E-state index < -0.39 is 47.4 Å². The van der Waals surface area contributed by atoms with Gasteiger partial charge < -0.3 is 9.64 Å². The van der Waals surface area contributed by atoms with Crippen molar-refractivity contribution in [2.75, 3.05) is 4.90 Å². The van der Waals surface area contributed by atoms with Gasteiger partial charge in [-0.2, -0.15) is 13.2 Å². The van der Waals surface area contributed by atoms with Crippen LogP contribution in [0.25, 0.3) is 0 Å². The van der Waals surface area contributed by atoms with Crippen molar-refractivity contribution in [3.8, 4) is 5.75 Å². The summed E-state index contributed by atoms with van der Waals surface area (Å²) in [4.78, 5) is 24.1. The van der Waals surface area contributed by atoms with Crippen LogP contribution < -0.4 is 15.0 Å². The maximum atomic E-state index is 13.8. The van der Waals surface area contributed by atoms with E-state index in [0.29, 0.717) is 17.2 Å². The van der Waals surface area contributed by atoms with Crippen LogP contribution in [-0.4, -0.2) is 28.3 Å². The molecule has 12 heteroatoms. The van der Waals surface area contributed by atoms with E-state index in [2.05, 4.69) is 20.0 Å². The first-order valence-corrected chi connectivity index (χ1v) is 12.7. The summed E-state index contributed by atoms with van der Waals surface area (Å²) in [5.41, 5.74) is -0.483. The number of nitrogens with zero attached hydrogens (tertiary/aromatic N) is 3. The number of hydrogen-bond acceptors (Lipinski definition) is 5. The zero-order valence-corrected chi connectivity index (χ0v) is 21.6. The molecule has 1 aliphatic heterocycles. The number of nitrogens with one attached hydrogen (secondary N) is 1. The number of halogens is 6. The molecule has 0 spiro atoms. The molecule has 2 heterocycles. The van der Waals surface area contributed by atoms with Crippen LogP contribution in [0.15, 0.2) is 60.8 Å². The molecule has 5 rings (SSSR count). The fourth-order valence-corrected chi connectivity index (χ4v) is 4.96. The molecule has 1 N–H and O–H groups in total. The Balaban J connectivity index is 1.47. The average Bonchev–Trinajstić information content (AvgIpc) is 3.68. The molecule has 1 saturated heterocycles. The summed E-state index contributed by atoms with van der Waals surface area (Å²) in [7, 11) is 0. The largest absolute Gasteiger partial charge is 0.573 e. The van der Waals surface area contributed by atoms with E-state index in [-0.39, 0.29) is 12.1 Å². The van der Waals surface area contributed by atoms with Gasteiger partial charge in [0.15, 0.2) is 0 Å². The van der Waals surface area contributed by atoms with Crippen molar-refractivity contribution in [3.05, 3.63) is 83.4 Å². The number of rotatable bonds is 7. The first kappa shape index (κ1) is 27.9. The van der Waals surface area contributed by atoms with Gasteiger partial charge in [-0.25, -0.2) is 9.97 Å². The molecule has 40 heavy (non-hydrogen) atoms. The van der Waals surface area contributed by atoms with Crippen LogP contribution in [0.3, 0.4) is 0 Å². The SMILES string of the molecule is CC(C)(N[C@@H]1C[C@H](c2cccc(OC(F)(F)F)c2)N(c2ccc(C(F)(F)F)cc2)C1=O)c1ccnc(C2CC2)n1. The van der Waals surface area contributed by atoms with Crippen LogP contribution in [0.5, 0.6) is 5.75 Å². The van der Waals surface area contributed by atoms with Gasteiger partial charge in [0.1, 0.15) is 11.6 Å². The molecule has 1 aromatic heterocycles. The van der Waals surface area contributed by atoms with Crippen molar-refractivity contribution in [3.63, 3.8) is 0 Å². The maximum absolute atomic E-state index is 13.8. The zero-order valence-electron chi connectivity index (χ0n) is 21.6. The Hall–Kier alpha value is -3.67. The second-order valence-corrected chi connectivity index (χ2v) is 10.5. The molecule has 0 radical (unpaired) electrons. The number of hydrogen-bond donors (Lipinski definition) is 1. The highest BCUT2D eigenvalue weighted by Crippen LogP contribution is 2.41. The molecular formula is C28H26F6N4O2.